The standard InChI is InChI=1S/C26H21P/c1-4-13-22(14-5-1)27(23-15-6-2-7-16-23,24-17-8-3-9-18-24)26-20-21-12-10-11-19-25(21)26/h1-19H,20H2. The molecular weight excluding hydrogens is 343 g/mol. The van der Waals surface area contributed by atoms with E-state index < -0.39 is 6.89 Å². The Balaban J connectivity index is 1.97. The molecule has 0 saturated carbocycles. The Hall–Kier alpha value is -2.82. The first-order valence-corrected chi connectivity index (χ1v) is 11.2. The smallest absolute Gasteiger partial charge is 0.000323 e. The molecule has 0 radical (unpaired) electrons. The van der Waals surface area contributed by atoms with Crippen LogP contribution in [0.15, 0.2) is 115 Å². The molecule has 0 amide bonds. The third-order valence-electron chi connectivity index (χ3n) is 5.52. The van der Waals surface area contributed by atoms with Gasteiger partial charge >= 0.3 is 0 Å². The van der Waals surface area contributed by atoms with Crippen molar-refractivity contribution in [1.29, 1.82) is 0 Å². The van der Waals surface area contributed by atoms with E-state index in [9.17, 15) is 0 Å². The van der Waals surface area contributed by atoms with Crippen LogP contribution in [0.4, 0.5) is 0 Å². The van der Waals surface area contributed by atoms with Gasteiger partial charge in [-0.15, -0.1) is 0 Å². The summed E-state index contributed by atoms with van der Waals surface area (Å²) in [5.74, 6) is 0. The molecule has 0 fully saturated rings. The Bertz CT molecular complexity index is 1020. The molecule has 0 heterocycles. The Labute approximate surface area is 161 Å². The van der Waals surface area contributed by atoms with Gasteiger partial charge in [0, 0.05) is 0 Å². The van der Waals surface area contributed by atoms with Crippen molar-refractivity contribution in [1.82, 2.24) is 0 Å². The van der Waals surface area contributed by atoms with Gasteiger partial charge in [0.05, 0.1) is 0 Å². The van der Waals surface area contributed by atoms with E-state index in [1.807, 2.05) is 0 Å². The average molecular weight is 364 g/mol. The van der Waals surface area contributed by atoms with E-state index in [4.69, 9.17) is 0 Å². The lowest BCUT2D eigenvalue weighted by atomic mass is 9.89. The molecule has 1 heteroatoms. The van der Waals surface area contributed by atoms with Crippen molar-refractivity contribution in [2.75, 3.05) is 0 Å². The topological polar surface area (TPSA) is 0 Å². The van der Waals surface area contributed by atoms with Crippen molar-refractivity contribution in [3.05, 3.63) is 126 Å². The summed E-state index contributed by atoms with van der Waals surface area (Å²) >= 11 is 0. The van der Waals surface area contributed by atoms with Crippen LogP contribution >= 0.6 is 6.89 Å². The molecule has 0 unspecified atom stereocenters. The fraction of sp³-hybridized carbons (Fsp3) is 0.0385. The SMILES string of the molecule is c1ccc(P(=C2Cc3ccccc32)(c2ccccc2)c2ccccc2)cc1. The van der Waals surface area contributed by atoms with Crippen molar-refractivity contribution in [2.24, 2.45) is 0 Å². The number of fused-ring (bicyclic) bond motifs is 1. The minimum absolute atomic E-state index is 1.07. The molecule has 0 bridgehead atoms. The second-order valence-electron chi connectivity index (χ2n) is 6.96. The van der Waals surface area contributed by atoms with E-state index in [0.717, 1.165) is 6.42 Å². The minimum atomic E-state index is -1.87. The van der Waals surface area contributed by atoms with E-state index in [1.165, 1.54) is 27.0 Å². The first-order chi connectivity index (χ1) is 13.4. The lowest BCUT2D eigenvalue weighted by Gasteiger charge is -2.38. The third kappa shape index (κ3) is 2.52. The van der Waals surface area contributed by atoms with Gasteiger partial charge in [-0.25, -0.2) is 0 Å². The largest absolute Gasteiger partial charge is 0.0622 e. The fourth-order valence-electron chi connectivity index (χ4n) is 4.29. The highest BCUT2D eigenvalue weighted by molar-refractivity contribution is 7.95. The van der Waals surface area contributed by atoms with Gasteiger partial charge in [-0.1, -0.05) is 115 Å². The molecule has 4 aromatic rings. The van der Waals surface area contributed by atoms with Gasteiger partial charge in [0.15, 0.2) is 0 Å². The normalized spacial score (nSPS) is 13.0. The molecule has 0 aliphatic heterocycles. The predicted octanol–water partition coefficient (Wildman–Crippen LogP) is 4.76. The van der Waals surface area contributed by atoms with Gasteiger partial charge in [-0.2, -0.15) is 0 Å². The van der Waals surface area contributed by atoms with Crippen molar-refractivity contribution >= 4 is 28.1 Å². The maximum Gasteiger partial charge on any atom is -0.000323 e. The van der Waals surface area contributed by atoms with E-state index >= 15 is 0 Å². The Morgan fingerprint density at radius 2 is 0.852 bits per heavy atom. The van der Waals surface area contributed by atoms with Crippen LogP contribution in [0, 0.1) is 0 Å². The van der Waals surface area contributed by atoms with Crippen LogP contribution in [0.2, 0.25) is 0 Å². The summed E-state index contributed by atoms with van der Waals surface area (Å²) in [6.07, 6.45) is 1.07. The van der Waals surface area contributed by atoms with E-state index in [1.54, 1.807) is 5.29 Å². The average Bonchev–Trinajstić information content (AvgIpc) is 2.74. The molecule has 1 aliphatic carbocycles. The zero-order valence-electron chi connectivity index (χ0n) is 15.1. The second-order valence-corrected chi connectivity index (χ2v) is 10.4. The predicted molar refractivity (Wildman–Crippen MR) is 119 cm³/mol. The first-order valence-electron chi connectivity index (χ1n) is 9.41. The summed E-state index contributed by atoms with van der Waals surface area (Å²) in [6, 6.07) is 42.3. The van der Waals surface area contributed by atoms with Crippen molar-refractivity contribution in [3.63, 3.8) is 0 Å². The fourth-order valence-corrected chi connectivity index (χ4v) is 8.97. The van der Waals surface area contributed by atoms with E-state index in [0.29, 0.717) is 0 Å². The monoisotopic (exact) mass is 364 g/mol. The van der Waals surface area contributed by atoms with Crippen LogP contribution in [0.1, 0.15) is 11.1 Å². The van der Waals surface area contributed by atoms with Crippen molar-refractivity contribution < 1.29 is 0 Å². The molecule has 0 N–H and O–H groups in total. The molecule has 4 aromatic carbocycles. The maximum atomic E-state index is 2.32. The summed E-state index contributed by atoms with van der Waals surface area (Å²) in [7, 11) is 0. The Morgan fingerprint density at radius 3 is 1.30 bits per heavy atom. The lowest BCUT2D eigenvalue weighted by molar-refractivity contribution is 1.25. The van der Waals surface area contributed by atoms with Crippen LogP contribution in [-0.2, 0) is 6.42 Å². The molecule has 0 atom stereocenters. The van der Waals surface area contributed by atoms with Gasteiger partial charge < -0.3 is 0 Å². The van der Waals surface area contributed by atoms with Crippen LogP contribution < -0.4 is 15.9 Å². The number of rotatable bonds is 3. The molecule has 0 nitrogen and oxygen atoms in total. The molecule has 5 rings (SSSR count). The van der Waals surface area contributed by atoms with Crippen LogP contribution in [0.5, 0.6) is 0 Å². The van der Waals surface area contributed by atoms with Crippen LogP contribution in [0.25, 0.3) is 0 Å². The summed E-state index contributed by atoms with van der Waals surface area (Å²) in [4.78, 5) is 0. The number of hydrogen-bond donors (Lipinski definition) is 0. The second kappa shape index (κ2) is 6.72. The molecule has 27 heavy (non-hydrogen) atoms. The zero-order valence-corrected chi connectivity index (χ0v) is 16.0. The summed E-state index contributed by atoms with van der Waals surface area (Å²) in [6.45, 7) is -1.87. The summed E-state index contributed by atoms with van der Waals surface area (Å²) in [5, 5.41) is 5.91. The number of benzene rings is 4. The van der Waals surface area contributed by atoms with Gasteiger partial charge in [-0.3, -0.25) is 0 Å². The maximum absolute atomic E-state index is 2.32. The van der Waals surface area contributed by atoms with Gasteiger partial charge in [0.25, 0.3) is 0 Å². The minimum Gasteiger partial charge on any atom is -0.0622 e. The van der Waals surface area contributed by atoms with Crippen LogP contribution in [0.3, 0.4) is 0 Å². The summed E-state index contributed by atoms with van der Waals surface area (Å²) in [5.41, 5.74) is 2.92. The molecule has 1 aliphatic rings. The van der Waals surface area contributed by atoms with Crippen molar-refractivity contribution in [2.45, 2.75) is 6.42 Å². The van der Waals surface area contributed by atoms with Crippen molar-refractivity contribution in [3.8, 4) is 0 Å². The van der Waals surface area contributed by atoms with Gasteiger partial charge in [0.1, 0.15) is 0 Å². The molecule has 0 spiro atoms. The molecule has 0 aromatic heterocycles. The highest BCUT2D eigenvalue weighted by atomic mass is 31.2. The summed E-state index contributed by atoms with van der Waals surface area (Å²) < 4.78 is 0. The Kier molecular flexibility index (Phi) is 4.07. The number of hydrogen-bond acceptors (Lipinski definition) is 0. The quantitative estimate of drug-likeness (QED) is 0.460. The van der Waals surface area contributed by atoms with E-state index in [2.05, 4.69) is 115 Å². The highest BCUT2D eigenvalue weighted by Crippen LogP contribution is 2.51. The van der Waals surface area contributed by atoms with E-state index in [-0.39, 0.29) is 0 Å². The molecular formula is C26H21P. The van der Waals surface area contributed by atoms with Gasteiger partial charge in [0.2, 0.25) is 0 Å². The Morgan fingerprint density at radius 1 is 0.444 bits per heavy atom. The lowest BCUT2D eigenvalue weighted by Crippen LogP contribution is -2.35. The highest BCUT2D eigenvalue weighted by Gasteiger charge is 2.34. The van der Waals surface area contributed by atoms with Gasteiger partial charge in [-0.05, 0) is 45.6 Å². The molecule has 130 valence electrons. The first kappa shape index (κ1) is 16.4. The molecule has 0 saturated heterocycles. The zero-order chi connectivity index (χ0) is 18.1. The van der Waals surface area contributed by atoms with Crippen LogP contribution in [-0.4, -0.2) is 5.29 Å². The third-order valence-corrected chi connectivity index (χ3v) is 9.95.